The predicted molar refractivity (Wildman–Crippen MR) is 74.2 cm³/mol. The number of nitrogens with zero attached hydrogens (tertiary/aromatic N) is 1. The molecule has 0 spiro atoms. The molecule has 4 nitrogen and oxygen atoms in total. The summed E-state index contributed by atoms with van der Waals surface area (Å²) >= 11 is 0. The maximum Gasteiger partial charge on any atom is 0.241 e. The normalized spacial score (nSPS) is 13.6. The minimum atomic E-state index is -0.648. The summed E-state index contributed by atoms with van der Waals surface area (Å²) < 4.78 is 0. The molecule has 1 heterocycles. The highest BCUT2D eigenvalue weighted by Crippen LogP contribution is 2.14. The molecule has 98 valence electrons. The van der Waals surface area contributed by atoms with Crippen LogP contribution in [-0.4, -0.2) is 10.9 Å². The van der Waals surface area contributed by atoms with Crippen LogP contribution in [0.3, 0.4) is 0 Å². The Kier molecular flexibility index (Phi) is 4.26. The Morgan fingerprint density at radius 3 is 2.37 bits per heavy atom. The minimum absolute atomic E-state index is 0.0923. The van der Waals surface area contributed by atoms with E-state index in [0.717, 1.165) is 11.1 Å². The van der Waals surface area contributed by atoms with Gasteiger partial charge in [0, 0.05) is 12.4 Å². The summed E-state index contributed by atoms with van der Waals surface area (Å²) in [5.41, 5.74) is 7.75. The Labute approximate surface area is 112 Å². The van der Waals surface area contributed by atoms with Gasteiger partial charge in [0.25, 0.3) is 0 Å². The molecule has 0 aliphatic heterocycles. The number of nitrogens with two attached hydrogens (primary N) is 1. The Hall–Kier alpha value is -2.20. The number of carbonyl (C=O) groups excluding carboxylic acids is 1. The van der Waals surface area contributed by atoms with E-state index in [1.54, 1.807) is 12.4 Å². The Bertz CT molecular complexity index is 528. The molecule has 4 heteroatoms. The summed E-state index contributed by atoms with van der Waals surface area (Å²) in [6, 6.07) is 12.3. The van der Waals surface area contributed by atoms with Crippen molar-refractivity contribution >= 4 is 5.91 Å². The van der Waals surface area contributed by atoms with Crippen LogP contribution in [0.1, 0.15) is 30.1 Å². The second-order valence-corrected chi connectivity index (χ2v) is 4.40. The number of rotatable bonds is 4. The summed E-state index contributed by atoms with van der Waals surface area (Å²) in [5.74, 6) is -0.185. The van der Waals surface area contributed by atoms with Crippen LogP contribution in [0, 0.1) is 0 Å². The molecule has 2 aromatic rings. The SMILES string of the molecule is C[C@H](NC(=O)[C@@H](N)c1ccccc1)c1ccncc1. The molecular weight excluding hydrogens is 238 g/mol. The highest BCUT2D eigenvalue weighted by atomic mass is 16.2. The van der Waals surface area contributed by atoms with Crippen molar-refractivity contribution in [2.45, 2.75) is 19.0 Å². The molecule has 19 heavy (non-hydrogen) atoms. The van der Waals surface area contributed by atoms with Crippen molar-refractivity contribution in [3.8, 4) is 0 Å². The van der Waals surface area contributed by atoms with E-state index in [4.69, 9.17) is 5.73 Å². The maximum absolute atomic E-state index is 12.1. The van der Waals surface area contributed by atoms with Crippen LogP contribution < -0.4 is 11.1 Å². The first kappa shape index (κ1) is 13.2. The molecule has 1 amide bonds. The summed E-state index contributed by atoms with van der Waals surface area (Å²) in [5, 5.41) is 2.90. The van der Waals surface area contributed by atoms with Crippen LogP contribution in [-0.2, 0) is 4.79 Å². The Morgan fingerprint density at radius 1 is 1.11 bits per heavy atom. The van der Waals surface area contributed by atoms with Crippen molar-refractivity contribution in [3.63, 3.8) is 0 Å². The highest BCUT2D eigenvalue weighted by Gasteiger charge is 2.17. The van der Waals surface area contributed by atoms with Gasteiger partial charge >= 0.3 is 0 Å². The van der Waals surface area contributed by atoms with Crippen molar-refractivity contribution in [2.75, 3.05) is 0 Å². The number of benzene rings is 1. The van der Waals surface area contributed by atoms with E-state index in [-0.39, 0.29) is 11.9 Å². The monoisotopic (exact) mass is 255 g/mol. The molecule has 3 N–H and O–H groups in total. The van der Waals surface area contributed by atoms with E-state index < -0.39 is 6.04 Å². The van der Waals surface area contributed by atoms with Gasteiger partial charge in [-0.3, -0.25) is 9.78 Å². The maximum atomic E-state index is 12.1. The average molecular weight is 255 g/mol. The second kappa shape index (κ2) is 6.11. The molecule has 2 atom stereocenters. The van der Waals surface area contributed by atoms with Gasteiger partial charge in [0.15, 0.2) is 0 Å². The first-order chi connectivity index (χ1) is 9.18. The Balaban J connectivity index is 2.02. The van der Waals surface area contributed by atoms with Crippen molar-refractivity contribution in [2.24, 2.45) is 5.73 Å². The molecule has 0 unspecified atom stereocenters. The van der Waals surface area contributed by atoms with Gasteiger partial charge in [-0.25, -0.2) is 0 Å². The van der Waals surface area contributed by atoms with E-state index in [9.17, 15) is 4.79 Å². The van der Waals surface area contributed by atoms with Crippen LogP contribution in [0.4, 0.5) is 0 Å². The van der Waals surface area contributed by atoms with Crippen LogP contribution in [0.15, 0.2) is 54.9 Å². The highest BCUT2D eigenvalue weighted by molar-refractivity contribution is 5.83. The number of aromatic nitrogens is 1. The van der Waals surface area contributed by atoms with Gasteiger partial charge in [-0.1, -0.05) is 30.3 Å². The lowest BCUT2D eigenvalue weighted by molar-refractivity contribution is -0.123. The van der Waals surface area contributed by atoms with Gasteiger partial charge in [0.2, 0.25) is 5.91 Å². The van der Waals surface area contributed by atoms with Crippen molar-refractivity contribution in [1.82, 2.24) is 10.3 Å². The average Bonchev–Trinajstić information content (AvgIpc) is 2.48. The molecule has 1 aromatic heterocycles. The minimum Gasteiger partial charge on any atom is -0.348 e. The molecule has 0 aliphatic carbocycles. The van der Waals surface area contributed by atoms with Crippen LogP contribution in [0.2, 0.25) is 0 Å². The lowest BCUT2D eigenvalue weighted by Crippen LogP contribution is -2.35. The van der Waals surface area contributed by atoms with Gasteiger partial charge in [-0.05, 0) is 30.2 Å². The lowest BCUT2D eigenvalue weighted by atomic mass is 10.1. The molecule has 0 radical (unpaired) electrons. The third-order valence-corrected chi connectivity index (χ3v) is 3.01. The van der Waals surface area contributed by atoms with Gasteiger partial charge in [-0.2, -0.15) is 0 Å². The summed E-state index contributed by atoms with van der Waals surface area (Å²) in [6.07, 6.45) is 3.41. The third kappa shape index (κ3) is 3.39. The third-order valence-electron chi connectivity index (χ3n) is 3.01. The van der Waals surface area contributed by atoms with Crippen molar-refractivity contribution in [3.05, 3.63) is 66.0 Å². The first-order valence-corrected chi connectivity index (χ1v) is 6.19. The lowest BCUT2D eigenvalue weighted by Gasteiger charge is -2.18. The molecule has 0 bridgehead atoms. The smallest absolute Gasteiger partial charge is 0.241 e. The number of nitrogens with one attached hydrogen (secondary N) is 1. The van der Waals surface area contributed by atoms with Crippen LogP contribution >= 0.6 is 0 Å². The van der Waals surface area contributed by atoms with Crippen LogP contribution in [0.5, 0.6) is 0 Å². The van der Waals surface area contributed by atoms with E-state index in [0.29, 0.717) is 0 Å². The van der Waals surface area contributed by atoms with Gasteiger partial charge < -0.3 is 11.1 Å². The largest absolute Gasteiger partial charge is 0.348 e. The topological polar surface area (TPSA) is 68.0 Å². The number of hydrogen-bond acceptors (Lipinski definition) is 3. The van der Waals surface area contributed by atoms with E-state index in [2.05, 4.69) is 10.3 Å². The zero-order valence-electron chi connectivity index (χ0n) is 10.8. The van der Waals surface area contributed by atoms with Crippen LogP contribution in [0.25, 0.3) is 0 Å². The van der Waals surface area contributed by atoms with Gasteiger partial charge in [0.05, 0.1) is 6.04 Å². The fourth-order valence-electron chi connectivity index (χ4n) is 1.85. The molecule has 0 fully saturated rings. The molecule has 0 saturated carbocycles. The number of pyridine rings is 1. The molecular formula is C15H17N3O. The van der Waals surface area contributed by atoms with Gasteiger partial charge in [0.1, 0.15) is 6.04 Å². The quantitative estimate of drug-likeness (QED) is 0.877. The summed E-state index contributed by atoms with van der Waals surface area (Å²) in [4.78, 5) is 16.0. The molecule has 2 rings (SSSR count). The zero-order valence-corrected chi connectivity index (χ0v) is 10.8. The zero-order chi connectivity index (χ0) is 13.7. The van der Waals surface area contributed by atoms with Crippen molar-refractivity contribution in [1.29, 1.82) is 0 Å². The van der Waals surface area contributed by atoms with E-state index in [1.165, 1.54) is 0 Å². The number of hydrogen-bond donors (Lipinski definition) is 2. The molecule has 1 aromatic carbocycles. The predicted octanol–water partition coefficient (Wildman–Crippen LogP) is 1.96. The fourth-order valence-corrected chi connectivity index (χ4v) is 1.85. The molecule has 0 saturated heterocycles. The fraction of sp³-hybridized carbons (Fsp3) is 0.200. The first-order valence-electron chi connectivity index (χ1n) is 6.19. The van der Waals surface area contributed by atoms with Crippen molar-refractivity contribution < 1.29 is 4.79 Å². The summed E-state index contributed by atoms with van der Waals surface area (Å²) in [7, 11) is 0. The van der Waals surface area contributed by atoms with Gasteiger partial charge in [-0.15, -0.1) is 0 Å². The summed E-state index contributed by atoms with van der Waals surface area (Å²) in [6.45, 7) is 1.92. The number of carbonyl (C=O) groups is 1. The molecule has 0 aliphatic rings. The second-order valence-electron chi connectivity index (χ2n) is 4.40. The number of amides is 1. The Morgan fingerprint density at radius 2 is 1.74 bits per heavy atom. The van der Waals surface area contributed by atoms with E-state index in [1.807, 2.05) is 49.4 Å². The van der Waals surface area contributed by atoms with E-state index >= 15 is 0 Å². The standard InChI is InChI=1S/C15H17N3O/c1-11(12-7-9-17-10-8-12)18-15(19)14(16)13-5-3-2-4-6-13/h2-11,14H,16H2,1H3,(H,18,19)/t11-,14-/m0/s1.